The normalized spacial score (nSPS) is 16.5. The molecule has 0 aliphatic carbocycles. The van der Waals surface area contributed by atoms with Crippen molar-refractivity contribution in [3.05, 3.63) is 125 Å². The number of anilines is 1. The van der Waals surface area contributed by atoms with Crippen LogP contribution in [0, 0.1) is 6.92 Å². The number of ether oxygens (including phenoxy) is 1. The van der Waals surface area contributed by atoms with Crippen LogP contribution in [0.1, 0.15) is 34.1 Å². The van der Waals surface area contributed by atoms with Crippen LogP contribution in [0.5, 0.6) is 5.75 Å². The minimum atomic E-state index is -0.775. The molecule has 1 amide bonds. The molecule has 7 nitrogen and oxygen atoms in total. The highest BCUT2D eigenvalue weighted by Gasteiger charge is 2.46. The fourth-order valence-electron chi connectivity index (χ4n) is 4.71. The third-order valence-electron chi connectivity index (χ3n) is 6.95. The molecule has 0 saturated carbocycles. The minimum absolute atomic E-state index is 0.0396. The van der Waals surface area contributed by atoms with Crippen molar-refractivity contribution in [3.63, 3.8) is 0 Å². The molecule has 1 fully saturated rings. The number of ketones is 1. The summed E-state index contributed by atoms with van der Waals surface area (Å²) in [6.07, 6.45) is 1.52. The lowest BCUT2D eigenvalue weighted by Gasteiger charge is -2.25. The molecule has 7 heteroatoms. The molecular weight excluding hydrogens is 492 g/mol. The lowest BCUT2D eigenvalue weighted by Crippen LogP contribution is -2.29. The van der Waals surface area contributed by atoms with Gasteiger partial charge in [0.15, 0.2) is 0 Å². The number of rotatable bonds is 8. The first-order chi connectivity index (χ1) is 18.8. The van der Waals surface area contributed by atoms with Gasteiger partial charge in [-0.15, -0.1) is 0 Å². The number of aliphatic hydroxyl groups excluding tert-OH is 1. The van der Waals surface area contributed by atoms with Crippen LogP contribution in [0.25, 0.3) is 5.76 Å². The van der Waals surface area contributed by atoms with E-state index in [-0.39, 0.29) is 17.9 Å². The standard InChI is InChI=1S/C32H30N2O5/c1-21-7-4-5-8-24(21)20-39-26-16-12-23(13-17-26)30(35)28-29(22-10-14-25(15-11-22)33(2)3)34(32(37)31(28)36)19-27-9-6-18-38-27/h4-18,29,35H,19-20H2,1-3H3/t29-/m1/s1. The van der Waals surface area contributed by atoms with E-state index >= 15 is 0 Å². The Bertz CT molecular complexity index is 1500. The van der Waals surface area contributed by atoms with Crippen LogP contribution in [0.3, 0.4) is 0 Å². The zero-order valence-electron chi connectivity index (χ0n) is 22.1. The summed E-state index contributed by atoms with van der Waals surface area (Å²) in [6, 6.07) is 25.2. The zero-order valence-corrected chi connectivity index (χ0v) is 22.1. The van der Waals surface area contributed by atoms with Crippen LogP contribution in [-0.2, 0) is 22.7 Å². The van der Waals surface area contributed by atoms with E-state index < -0.39 is 17.7 Å². The van der Waals surface area contributed by atoms with Crippen molar-refractivity contribution in [2.45, 2.75) is 26.1 Å². The molecule has 1 N–H and O–H groups in total. The fourth-order valence-corrected chi connectivity index (χ4v) is 4.71. The highest BCUT2D eigenvalue weighted by molar-refractivity contribution is 6.46. The van der Waals surface area contributed by atoms with E-state index in [1.165, 1.54) is 11.2 Å². The summed E-state index contributed by atoms with van der Waals surface area (Å²) < 4.78 is 11.4. The van der Waals surface area contributed by atoms with Crippen LogP contribution >= 0.6 is 0 Å². The highest BCUT2D eigenvalue weighted by atomic mass is 16.5. The Labute approximate surface area is 227 Å². The number of Topliss-reactive ketones (excluding diaryl/α,β-unsaturated/α-hetero) is 1. The van der Waals surface area contributed by atoms with Gasteiger partial charge >= 0.3 is 0 Å². The van der Waals surface area contributed by atoms with Gasteiger partial charge in [0, 0.05) is 25.3 Å². The topological polar surface area (TPSA) is 83.2 Å². The van der Waals surface area contributed by atoms with Gasteiger partial charge in [0.1, 0.15) is 23.9 Å². The summed E-state index contributed by atoms with van der Waals surface area (Å²) >= 11 is 0. The number of nitrogens with zero attached hydrogens (tertiary/aromatic N) is 2. The van der Waals surface area contributed by atoms with Gasteiger partial charge in [-0.05, 0) is 72.1 Å². The van der Waals surface area contributed by atoms with E-state index in [0.717, 1.165) is 16.8 Å². The first kappa shape index (κ1) is 25.9. The smallest absolute Gasteiger partial charge is 0.296 e. The van der Waals surface area contributed by atoms with E-state index in [0.29, 0.717) is 29.2 Å². The van der Waals surface area contributed by atoms with E-state index in [4.69, 9.17) is 9.15 Å². The maximum Gasteiger partial charge on any atom is 0.296 e. The Morgan fingerprint density at radius 1 is 0.949 bits per heavy atom. The second-order valence-corrected chi connectivity index (χ2v) is 9.73. The van der Waals surface area contributed by atoms with Gasteiger partial charge < -0.3 is 24.1 Å². The quantitative estimate of drug-likeness (QED) is 0.177. The SMILES string of the molecule is Cc1ccccc1COc1ccc(C(O)=C2C(=O)C(=O)N(Cc3ccco3)[C@@H]2c2ccc(N(C)C)cc2)cc1. The summed E-state index contributed by atoms with van der Waals surface area (Å²) in [5, 5.41) is 11.4. The Balaban J connectivity index is 1.48. The summed E-state index contributed by atoms with van der Waals surface area (Å²) in [5.41, 5.74) is 4.38. The van der Waals surface area contributed by atoms with Crippen LogP contribution in [0.15, 0.2) is 101 Å². The molecule has 0 spiro atoms. The number of benzene rings is 3. The zero-order chi connectivity index (χ0) is 27.5. The number of carbonyl (C=O) groups excluding carboxylic acids is 2. The van der Waals surface area contributed by atoms with Crippen molar-refractivity contribution >= 4 is 23.1 Å². The molecule has 1 atom stereocenters. The molecular formula is C32H30N2O5. The summed E-state index contributed by atoms with van der Waals surface area (Å²) in [7, 11) is 3.87. The van der Waals surface area contributed by atoms with Gasteiger partial charge in [-0.2, -0.15) is 0 Å². The molecule has 1 aromatic heterocycles. The molecule has 1 saturated heterocycles. The third-order valence-corrected chi connectivity index (χ3v) is 6.95. The first-order valence-electron chi connectivity index (χ1n) is 12.7. The molecule has 0 bridgehead atoms. The average Bonchev–Trinajstić information content (AvgIpc) is 3.55. The second kappa shape index (κ2) is 10.9. The van der Waals surface area contributed by atoms with Gasteiger partial charge in [0.05, 0.1) is 24.4 Å². The minimum Gasteiger partial charge on any atom is -0.507 e. The van der Waals surface area contributed by atoms with Crippen LogP contribution in [0.4, 0.5) is 5.69 Å². The van der Waals surface area contributed by atoms with E-state index in [1.807, 2.05) is 74.4 Å². The van der Waals surface area contributed by atoms with Crippen molar-refractivity contribution in [3.8, 4) is 5.75 Å². The lowest BCUT2D eigenvalue weighted by molar-refractivity contribution is -0.140. The number of aryl methyl sites for hydroxylation is 1. The number of carbonyl (C=O) groups is 2. The summed E-state index contributed by atoms with van der Waals surface area (Å²) in [6.45, 7) is 2.55. The molecule has 2 heterocycles. The van der Waals surface area contributed by atoms with Crippen LogP contribution < -0.4 is 9.64 Å². The summed E-state index contributed by atoms with van der Waals surface area (Å²) in [5.74, 6) is -0.485. The van der Waals surface area contributed by atoms with Crippen LogP contribution in [-0.4, -0.2) is 35.8 Å². The van der Waals surface area contributed by atoms with Gasteiger partial charge in [-0.25, -0.2) is 0 Å². The maximum atomic E-state index is 13.3. The highest BCUT2D eigenvalue weighted by Crippen LogP contribution is 2.41. The second-order valence-electron chi connectivity index (χ2n) is 9.73. The third kappa shape index (κ3) is 5.29. The molecule has 0 unspecified atom stereocenters. The maximum absolute atomic E-state index is 13.3. The van der Waals surface area contributed by atoms with Crippen molar-refractivity contribution in [2.24, 2.45) is 0 Å². The predicted molar refractivity (Wildman–Crippen MR) is 149 cm³/mol. The first-order valence-corrected chi connectivity index (χ1v) is 12.7. The molecule has 1 aliphatic heterocycles. The fraction of sp³-hybridized carbons (Fsp3) is 0.188. The Morgan fingerprint density at radius 3 is 2.31 bits per heavy atom. The Kier molecular flexibility index (Phi) is 7.23. The predicted octanol–water partition coefficient (Wildman–Crippen LogP) is 5.85. The average molecular weight is 523 g/mol. The molecule has 0 radical (unpaired) electrons. The monoisotopic (exact) mass is 522 g/mol. The molecule has 3 aromatic carbocycles. The number of amides is 1. The molecule has 39 heavy (non-hydrogen) atoms. The van der Waals surface area contributed by atoms with Gasteiger partial charge in [-0.1, -0.05) is 36.4 Å². The molecule has 5 rings (SSSR count). The van der Waals surface area contributed by atoms with E-state index in [1.54, 1.807) is 36.4 Å². The van der Waals surface area contributed by atoms with Crippen molar-refractivity contribution in [1.29, 1.82) is 0 Å². The van der Waals surface area contributed by atoms with Crippen molar-refractivity contribution in [1.82, 2.24) is 4.90 Å². The van der Waals surface area contributed by atoms with Crippen LogP contribution in [0.2, 0.25) is 0 Å². The lowest BCUT2D eigenvalue weighted by atomic mass is 9.95. The summed E-state index contributed by atoms with van der Waals surface area (Å²) in [4.78, 5) is 29.9. The van der Waals surface area contributed by atoms with E-state index in [2.05, 4.69) is 0 Å². The van der Waals surface area contributed by atoms with Crippen molar-refractivity contribution < 1.29 is 23.8 Å². The van der Waals surface area contributed by atoms with Gasteiger partial charge in [-0.3, -0.25) is 9.59 Å². The van der Waals surface area contributed by atoms with E-state index in [9.17, 15) is 14.7 Å². The molecule has 4 aromatic rings. The molecule has 198 valence electrons. The largest absolute Gasteiger partial charge is 0.507 e. The number of hydrogen-bond acceptors (Lipinski definition) is 6. The van der Waals surface area contributed by atoms with Gasteiger partial charge in [0.2, 0.25) is 0 Å². The Morgan fingerprint density at radius 2 is 1.67 bits per heavy atom. The molecule has 1 aliphatic rings. The van der Waals surface area contributed by atoms with Gasteiger partial charge in [0.25, 0.3) is 11.7 Å². The number of furan rings is 1. The Hall–Kier alpha value is -4.78. The number of hydrogen-bond donors (Lipinski definition) is 1. The number of aliphatic hydroxyl groups is 1. The van der Waals surface area contributed by atoms with Crippen molar-refractivity contribution in [2.75, 3.05) is 19.0 Å². The number of likely N-dealkylation sites (tertiary alicyclic amines) is 1.